The van der Waals surface area contributed by atoms with E-state index in [-0.39, 0.29) is 18.7 Å². The van der Waals surface area contributed by atoms with Crippen LogP contribution >= 0.6 is 0 Å². The van der Waals surface area contributed by atoms with Gasteiger partial charge in [0.1, 0.15) is 6.10 Å². The van der Waals surface area contributed by atoms with Crippen LogP contribution in [0.25, 0.3) is 0 Å². The fourth-order valence-corrected chi connectivity index (χ4v) is 2.19. The molecule has 0 aliphatic rings. The lowest BCUT2D eigenvalue weighted by Crippen LogP contribution is -2.35. The summed E-state index contributed by atoms with van der Waals surface area (Å²) in [5.41, 5.74) is 1.96. The molecule has 5 heteroatoms. The number of hydrogen-bond donors (Lipinski definition) is 3. The number of nitrogens with one attached hydrogen (secondary N) is 2. The fourth-order valence-electron chi connectivity index (χ4n) is 2.19. The molecular formula is C19H22N2O3. The lowest BCUT2D eigenvalue weighted by molar-refractivity contribution is -0.130. The molecule has 0 radical (unpaired) electrons. The Morgan fingerprint density at radius 3 is 1.88 bits per heavy atom. The molecule has 0 spiro atoms. The van der Waals surface area contributed by atoms with Crippen molar-refractivity contribution in [3.63, 3.8) is 0 Å². The summed E-state index contributed by atoms with van der Waals surface area (Å²) in [5, 5.41) is 15.3. The summed E-state index contributed by atoms with van der Waals surface area (Å²) in [6.45, 7) is 0.799. The van der Waals surface area contributed by atoms with E-state index in [1.165, 1.54) is 0 Å². The van der Waals surface area contributed by atoms with E-state index < -0.39 is 12.0 Å². The van der Waals surface area contributed by atoms with Gasteiger partial charge in [-0.25, -0.2) is 0 Å². The number of rotatable bonds is 8. The molecule has 0 fully saturated rings. The van der Waals surface area contributed by atoms with Gasteiger partial charge in [-0.3, -0.25) is 9.59 Å². The summed E-state index contributed by atoms with van der Waals surface area (Å²) < 4.78 is 0. The van der Waals surface area contributed by atoms with Gasteiger partial charge < -0.3 is 15.7 Å². The third kappa shape index (κ3) is 6.22. The molecule has 0 heterocycles. The standard InChI is InChI=1S/C19H22N2O3/c22-17(19(24)21-14-16-9-5-2-6-10-16)11-12-18(23)20-13-15-7-3-1-4-8-15/h1-10,17,22H,11-14H2,(H,20,23)(H,21,24). The molecule has 0 saturated heterocycles. The third-order valence-electron chi connectivity index (χ3n) is 3.59. The minimum Gasteiger partial charge on any atom is -0.383 e. The zero-order chi connectivity index (χ0) is 17.2. The molecule has 0 aromatic heterocycles. The molecule has 3 N–H and O–H groups in total. The molecule has 2 aromatic rings. The molecule has 0 bridgehead atoms. The zero-order valence-electron chi connectivity index (χ0n) is 13.4. The Labute approximate surface area is 141 Å². The Morgan fingerprint density at radius 2 is 1.33 bits per heavy atom. The first-order valence-corrected chi connectivity index (χ1v) is 7.95. The zero-order valence-corrected chi connectivity index (χ0v) is 13.4. The summed E-state index contributed by atoms with van der Waals surface area (Å²) in [5.74, 6) is -0.650. The molecule has 24 heavy (non-hydrogen) atoms. The lowest BCUT2D eigenvalue weighted by Gasteiger charge is -2.11. The Hall–Kier alpha value is -2.66. The second-order valence-corrected chi connectivity index (χ2v) is 5.52. The molecule has 2 amide bonds. The van der Waals surface area contributed by atoms with Gasteiger partial charge in [0.15, 0.2) is 0 Å². The van der Waals surface area contributed by atoms with Gasteiger partial charge in [-0.05, 0) is 17.5 Å². The van der Waals surface area contributed by atoms with Crippen molar-refractivity contribution in [3.8, 4) is 0 Å². The van der Waals surface area contributed by atoms with Crippen LogP contribution in [0.2, 0.25) is 0 Å². The van der Waals surface area contributed by atoms with Crippen molar-refractivity contribution in [1.82, 2.24) is 10.6 Å². The van der Waals surface area contributed by atoms with Gasteiger partial charge in [0.05, 0.1) is 0 Å². The Bertz CT molecular complexity index is 644. The highest BCUT2D eigenvalue weighted by Gasteiger charge is 2.16. The molecule has 0 aliphatic carbocycles. The molecule has 0 aliphatic heterocycles. The number of amides is 2. The van der Waals surface area contributed by atoms with Crippen molar-refractivity contribution >= 4 is 11.8 Å². The summed E-state index contributed by atoms with van der Waals surface area (Å²) in [6, 6.07) is 19.0. The summed E-state index contributed by atoms with van der Waals surface area (Å²) in [4.78, 5) is 23.6. The van der Waals surface area contributed by atoms with Crippen LogP contribution in [0.4, 0.5) is 0 Å². The Morgan fingerprint density at radius 1 is 0.833 bits per heavy atom. The van der Waals surface area contributed by atoms with Crippen molar-refractivity contribution in [3.05, 3.63) is 71.8 Å². The molecule has 5 nitrogen and oxygen atoms in total. The van der Waals surface area contributed by atoms with E-state index in [1.807, 2.05) is 60.7 Å². The lowest BCUT2D eigenvalue weighted by atomic mass is 10.1. The highest BCUT2D eigenvalue weighted by atomic mass is 16.3. The predicted molar refractivity (Wildman–Crippen MR) is 91.8 cm³/mol. The Kier molecular flexibility index (Phi) is 6.98. The molecule has 126 valence electrons. The maximum atomic E-state index is 11.8. The van der Waals surface area contributed by atoms with Crippen molar-refractivity contribution < 1.29 is 14.7 Å². The first-order valence-electron chi connectivity index (χ1n) is 7.95. The maximum Gasteiger partial charge on any atom is 0.249 e. The topological polar surface area (TPSA) is 78.4 Å². The molecule has 0 saturated carbocycles. The van der Waals surface area contributed by atoms with Gasteiger partial charge in [0, 0.05) is 19.5 Å². The number of carbonyl (C=O) groups is 2. The normalized spacial score (nSPS) is 11.5. The first kappa shape index (κ1) is 17.7. The average Bonchev–Trinajstić information content (AvgIpc) is 2.64. The van der Waals surface area contributed by atoms with E-state index in [1.54, 1.807) is 0 Å². The number of aliphatic hydroxyl groups is 1. The minimum atomic E-state index is -1.18. The van der Waals surface area contributed by atoms with Crippen molar-refractivity contribution in [1.29, 1.82) is 0 Å². The fraction of sp³-hybridized carbons (Fsp3) is 0.263. The van der Waals surface area contributed by atoms with Crippen LogP contribution < -0.4 is 10.6 Å². The monoisotopic (exact) mass is 326 g/mol. The number of hydrogen-bond acceptors (Lipinski definition) is 3. The predicted octanol–water partition coefficient (Wildman–Crippen LogP) is 1.76. The van der Waals surface area contributed by atoms with Crippen LogP contribution in [0.15, 0.2) is 60.7 Å². The molecular weight excluding hydrogens is 304 g/mol. The molecule has 1 unspecified atom stereocenters. The summed E-state index contributed by atoms with van der Waals surface area (Å²) >= 11 is 0. The van der Waals surface area contributed by atoms with Gasteiger partial charge in [0.25, 0.3) is 0 Å². The SMILES string of the molecule is O=C(CCC(O)C(=O)NCc1ccccc1)NCc1ccccc1. The second kappa shape index (κ2) is 9.47. The summed E-state index contributed by atoms with van der Waals surface area (Å²) in [6.07, 6.45) is -0.982. The third-order valence-corrected chi connectivity index (χ3v) is 3.59. The Balaban J connectivity index is 1.65. The first-order chi connectivity index (χ1) is 11.6. The van der Waals surface area contributed by atoms with Crippen molar-refractivity contribution in [2.45, 2.75) is 32.0 Å². The van der Waals surface area contributed by atoms with Crippen molar-refractivity contribution in [2.24, 2.45) is 0 Å². The maximum absolute atomic E-state index is 11.8. The van der Waals surface area contributed by atoms with Gasteiger partial charge in [0.2, 0.25) is 11.8 Å². The molecule has 2 rings (SSSR count). The smallest absolute Gasteiger partial charge is 0.249 e. The van der Waals surface area contributed by atoms with Crippen LogP contribution in [0.1, 0.15) is 24.0 Å². The average molecular weight is 326 g/mol. The highest BCUT2D eigenvalue weighted by molar-refractivity contribution is 5.82. The van der Waals surface area contributed by atoms with E-state index in [2.05, 4.69) is 10.6 Å². The van der Waals surface area contributed by atoms with Crippen LogP contribution in [0.3, 0.4) is 0 Å². The van der Waals surface area contributed by atoms with Crippen LogP contribution in [0, 0.1) is 0 Å². The van der Waals surface area contributed by atoms with E-state index >= 15 is 0 Å². The second-order valence-electron chi connectivity index (χ2n) is 5.52. The van der Waals surface area contributed by atoms with E-state index in [0.717, 1.165) is 11.1 Å². The number of aliphatic hydroxyl groups excluding tert-OH is 1. The van der Waals surface area contributed by atoms with Gasteiger partial charge in [-0.1, -0.05) is 60.7 Å². The van der Waals surface area contributed by atoms with Gasteiger partial charge >= 0.3 is 0 Å². The summed E-state index contributed by atoms with van der Waals surface area (Å²) in [7, 11) is 0. The molecule has 2 aromatic carbocycles. The van der Waals surface area contributed by atoms with Crippen molar-refractivity contribution in [2.75, 3.05) is 0 Å². The number of benzene rings is 2. The van der Waals surface area contributed by atoms with Crippen LogP contribution in [-0.2, 0) is 22.7 Å². The van der Waals surface area contributed by atoms with Gasteiger partial charge in [-0.15, -0.1) is 0 Å². The van der Waals surface area contributed by atoms with Crippen LogP contribution in [-0.4, -0.2) is 23.0 Å². The number of carbonyl (C=O) groups excluding carboxylic acids is 2. The van der Waals surface area contributed by atoms with E-state index in [4.69, 9.17) is 0 Å². The van der Waals surface area contributed by atoms with Gasteiger partial charge in [-0.2, -0.15) is 0 Å². The largest absolute Gasteiger partial charge is 0.383 e. The minimum absolute atomic E-state index is 0.0985. The quantitative estimate of drug-likeness (QED) is 0.692. The van der Waals surface area contributed by atoms with E-state index in [0.29, 0.717) is 13.1 Å². The van der Waals surface area contributed by atoms with Crippen LogP contribution in [0.5, 0.6) is 0 Å². The highest BCUT2D eigenvalue weighted by Crippen LogP contribution is 2.02. The molecule has 1 atom stereocenters. The van der Waals surface area contributed by atoms with E-state index in [9.17, 15) is 14.7 Å².